The van der Waals surface area contributed by atoms with Crippen molar-refractivity contribution in [2.45, 2.75) is 0 Å². The predicted octanol–water partition coefficient (Wildman–Crippen LogP) is -0.166. The van der Waals surface area contributed by atoms with E-state index in [9.17, 15) is 24.5 Å². The summed E-state index contributed by atoms with van der Waals surface area (Å²) in [7, 11) is 0. The van der Waals surface area contributed by atoms with Crippen LogP contribution in [0.25, 0.3) is 0 Å². The molecule has 9 nitrogen and oxygen atoms in total. The highest BCUT2D eigenvalue weighted by molar-refractivity contribution is 6.39. The number of amides is 3. The minimum absolute atomic E-state index is 0.0302. The first-order valence-corrected chi connectivity index (χ1v) is 6.56. The molecule has 9 heteroatoms. The number of carbonyl (C=O) groups excluding carboxylic acids is 3. The molecule has 0 saturated carbocycles. The van der Waals surface area contributed by atoms with E-state index >= 15 is 0 Å². The molecule has 0 aliphatic carbocycles. The molecule has 116 valence electrons. The van der Waals surface area contributed by atoms with Crippen LogP contribution >= 0.6 is 0 Å². The molecule has 1 saturated heterocycles. The lowest BCUT2D eigenvalue weighted by atomic mass is 10.2. The SMILES string of the molecule is O=CN1CCN(C(=O)C(=O)Nc2ccccc2[N+](=O)[O-])CC1. The highest BCUT2D eigenvalue weighted by Gasteiger charge is 2.27. The van der Waals surface area contributed by atoms with Crippen molar-refractivity contribution >= 4 is 29.6 Å². The van der Waals surface area contributed by atoms with E-state index in [0.29, 0.717) is 19.5 Å². The first-order chi connectivity index (χ1) is 10.5. The van der Waals surface area contributed by atoms with Gasteiger partial charge in [-0.2, -0.15) is 0 Å². The number of rotatable bonds is 3. The summed E-state index contributed by atoms with van der Waals surface area (Å²) >= 11 is 0. The summed E-state index contributed by atoms with van der Waals surface area (Å²) in [6.45, 7) is 1.21. The maximum absolute atomic E-state index is 12.0. The van der Waals surface area contributed by atoms with Gasteiger partial charge in [-0.25, -0.2) is 0 Å². The maximum Gasteiger partial charge on any atom is 0.314 e. The molecule has 1 heterocycles. The van der Waals surface area contributed by atoms with Crippen LogP contribution in [0.3, 0.4) is 0 Å². The summed E-state index contributed by atoms with van der Waals surface area (Å²) in [5, 5.41) is 13.1. The molecule has 1 aliphatic rings. The number of nitrogens with one attached hydrogen (secondary N) is 1. The van der Waals surface area contributed by atoms with Crippen LogP contribution in [0.4, 0.5) is 11.4 Å². The zero-order valence-electron chi connectivity index (χ0n) is 11.6. The molecule has 22 heavy (non-hydrogen) atoms. The number of carbonyl (C=O) groups is 3. The Morgan fingerprint density at radius 2 is 1.82 bits per heavy atom. The molecule has 0 radical (unpaired) electrons. The molecular formula is C13H14N4O5. The van der Waals surface area contributed by atoms with E-state index in [4.69, 9.17) is 0 Å². The second-order valence-corrected chi connectivity index (χ2v) is 4.66. The number of piperazine rings is 1. The summed E-state index contributed by atoms with van der Waals surface area (Å²) in [6, 6.07) is 5.58. The first-order valence-electron chi connectivity index (χ1n) is 6.56. The second kappa shape index (κ2) is 6.66. The number of benzene rings is 1. The van der Waals surface area contributed by atoms with E-state index in [-0.39, 0.29) is 24.5 Å². The fourth-order valence-corrected chi connectivity index (χ4v) is 2.09. The normalized spacial score (nSPS) is 14.4. The number of nitro groups is 1. The van der Waals surface area contributed by atoms with E-state index in [1.807, 2.05) is 0 Å². The average molecular weight is 306 g/mol. The third-order valence-corrected chi connectivity index (χ3v) is 3.29. The third-order valence-electron chi connectivity index (χ3n) is 3.29. The number of hydrogen-bond acceptors (Lipinski definition) is 5. The van der Waals surface area contributed by atoms with Gasteiger partial charge < -0.3 is 15.1 Å². The Morgan fingerprint density at radius 3 is 2.41 bits per heavy atom. The second-order valence-electron chi connectivity index (χ2n) is 4.66. The smallest absolute Gasteiger partial charge is 0.314 e. The lowest BCUT2D eigenvalue weighted by molar-refractivity contribution is -0.383. The van der Waals surface area contributed by atoms with Crippen LogP contribution in [0.5, 0.6) is 0 Å². The quantitative estimate of drug-likeness (QED) is 0.360. The number of nitrogens with zero attached hydrogens (tertiary/aromatic N) is 3. The topological polar surface area (TPSA) is 113 Å². The van der Waals surface area contributed by atoms with E-state index < -0.39 is 16.7 Å². The number of para-hydroxylation sites is 2. The Morgan fingerprint density at radius 1 is 1.18 bits per heavy atom. The van der Waals surface area contributed by atoms with Crippen molar-refractivity contribution in [3.63, 3.8) is 0 Å². The molecule has 0 unspecified atom stereocenters. The van der Waals surface area contributed by atoms with Crippen molar-refractivity contribution < 1.29 is 19.3 Å². The monoisotopic (exact) mass is 306 g/mol. The molecule has 2 rings (SSSR count). The van der Waals surface area contributed by atoms with Crippen molar-refractivity contribution in [3.05, 3.63) is 34.4 Å². The van der Waals surface area contributed by atoms with Crippen LogP contribution in [-0.2, 0) is 14.4 Å². The van der Waals surface area contributed by atoms with Gasteiger partial charge in [0.25, 0.3) is 5.69 Å². The van der Waals surface area contributed by atoms with Crippen LogP contribution < -0.4 is 5.32 Å². The van der Waals surface area contributed by atoms with Gasteiger partial charge in [-0.15, -0.1) is 0 Å². The van der Waals surface area contributed by atoms with Crippen LogP contribution in [0.15, 0.2) is 24.3 Å². The van der Waals surface area contributed by atoms with Crippen LogP contribution in [-0.4, -0.2) is 59.1 Å². The molecule has 1 fully saturated rings. The van der Waals surface area contributed by atoms with E-state index in [2.05, 4.69) is 5.32 Å². The Labute approximate surface area is 125 Å². The molecule has 1 N–H and O–H groups in total. The van der Waals surface area contributed by atoms with Gasteiger partial charge in [0.15, 0.2) is 0 Å². The lowest BCUT2D eigenvalue weighted by Crippen LogP contribution is -2.51. The Bertz CT molecular complexity index is 610. The van der Waals surface area contributed by atoms with Gasteiger partial charge in [0.1, 0.15) is 5.69 Å². The first kappa shape index (κ1) is 15.4. The molecule has 1 aromatic carbocycles. The predicted molar refractivity (Wildman–Crippen MR) is 75.9 cm³/mol. The van der Waals surface area contributed by atoms with E-state index in [1.165, 1.54) is 34.1 Å². The molecule has 1 aromatic rings. The van der Waals surface area contributed by atoms with Gasteiger partial charge in [-0.1, -0.05) is 12.1 Å². The lowest BCUT2D eigenvalue weighted by Gasteiger charge is -2.31. The summed E-state index contributed by atoms with van der Waals surface area (Å²) < 4.78 is 0. The summed E-state index contributed by atoms with van der Waals surface area (Å²) in [5.74, 6) is -1.71. The fourth-order valence-electron chi connectivity index (χ4n) is 2.09. The van der Waals surface area contributed by atoms with Crippen molar-refractivity contribution in [2.24, 2.45) is 0 Å². The Balaban J connectivity index is 2.02. The Hall–Kier alpha value is -2.97. The number of anilines is 1. The van der Waals surface area contributed by atoms with Gasteiger partial charge in [0, 0.05) is 32.2 Å². The minimum atomic E-state index is -0.936. The van der Waals surface area contributed by atoms with Gasteiger partial charge in [-0.3, -0.25) is 24.5 Å². The largest absolute Gasteiger partial charge is 0.342 e. The van der Waals surface area contributed by atoms with Gasteiger partial charge in [0.05, 0.1) is 4.92 Å². The zero-order chi connectivity index (χ0) is 16.1. The molecular weight excluding hydrogens is 292 g/mol. The maximum atomic E-state index is 12.0. The van der Waals surface area contributed by atoms with Crippen molar-refractivity contribution in [2.75, 3.05) is 31.5 Å². The molecule has 0 aromatic heterocycles. The standard InChI is InChI=1S/C13H14N4O5/c18-9-15-5-7-16(8-6-15)13(20)12(19)14-10-3-1-2-4-11(10)17(21)22/h1-4,9H,5-8H2,(H,14,19). The average Bonchev–Trinajstić information content (AvgIpc) is 2.54. The minimum Gasteiger partial charge on any atom is -0.342 e. The molecule has 0 atom stereocenters. The highest BCUT2D eigenvalue weighted by atomic mass is 16.6. The van der Waals surface area contributed by atoms with Crippen molar-refractivity contribution in [1.29, 1.82) is 0 Å². The molecule has 0 bridgehead atoms. The van der Waals surface area contributed by atoms with E-state index in [0.717, 1.165) is 0 Å². The highest BCUT2D eigenvalue weighted by Crippen LogP contribution is 2.23. The fraction of sp³-hybridized carbons (Fsp3) is 0.308. The number of nitro benzene ring substituents is 1. The summed E-state index contributed by atoms with van der Waals surface area (Å²) in [6.07, 6.45) is 0.690. The van der Waals surface area contributed by atoms with Gasteiger partial charge >= 0.3 is 11.8 Å². The number of hydrogen-bond donors (Lipinski definition) is 1. The van der Waals surface area contributed by atoms with Gasteiger partial charge in [-0.05, 0) is 6.07 Å². The van der Waals surface area contributed by atoms with Crippen LogP contribution in [0.1, 0.15) is 0 Å². The van der Waals surface area contributed by atoms with Gasteiger partial charge in [0.2, 0.25) is 6.41 Å². The van der Waals surface area contributed by atoms with Crippen molar-refractivity contribution in [3.8, 4) is 0 Å². The third kappa shape index (κ3) is 3.37. The van der Waals surface area contributed by atoms with Crippen molar-refractivity contribution in [1.82, 2.24) is 9.80 Å². The zero-order valence-corrected chi connectivity index (χ0v) is 11.6. The summed E-state index contributed by atoms with van der Waals surface area (Å²) in [5.41, 5.74) is -0.313. The molecule has 3 amide bonds. The Kier molecular flexibility index (Phi) is 4.66. The van der Waals surface area contributed by atoms with Crippen LogP contribution in [0, 0.1) is 10.1 Å². The molecule has 0 spiro atoms. The summed E-state index contributed by atoms with van der Waals surface area (Å²) in [4.78, 5) is 47.6. The van der Waals surface area contributed by atoms with Crippen LogP contribution in [0.2, 0.25) is 0 Å². The molecule has 1 aliphatic heterocycles. The van der Waals surface area contributed by atoms with E-state index in [1.54, 1.807) is 0 Å².